The van der Waals surface area contributed by atoms with Gasteiger partial charge in [-0.15, -0.1) is 0 Å². The average Bonchev–Trinajstić information content (AvgIpc) is 2.84. The van der Waals surface area contributed by atoms with Gasteiger partial charge in [0.1, 0.15) is 0 Å². The van der Waals surface area contributed by atoms with E-state index in [0.29, 0.717) is 11.1 Å². The van der Waals surface area contributed by atoms with Crippen molar-refractivity contribution in [2.75, 3.05) is 41.3 Å². The van der Waals surface area contributed by atoms with E-state index in [2.05, 4.69) is 42.0 Å². The Morgan fingerprint density at radius 1 is 0.765 bits per heavy atom. The lowest BCUT2D eigenvalue weighted by Gasteiger charge is -2.37. The minimum atomic E-state index is -0.911. The van der Waals surface area contributed by atoms with Crippen LogP contribution in [0.15, 0.2) is 72.8 Å². The molecule has 0 aliphatic carbocycles. The number of hydrogen-bond acceptors (Lipinski definition) is 4. The zero-order valence-electron chi connectivity index (χ0n) is 19.9. The van der Waals surface area contributed by atoms with Gasteiger partial charge in [-0.05, 0) is 65.6 Å². The second-order valence-electron chi connectivity index (χ2n) is 9.66. The van der Waals surface area contributed by atoms with Gasteiger partial charge in [-0.3, -0.25) is 4.79 Å². The van der Waals surface area contributed by atoms with Crippen molar-refractivity contribution in [3.8, 4) is 0 Å². The largest absolute Gasteiger partial charge is 0.478 e. The lowest BCUT2D eigenvalue weighted by molar-refractivity contribution is 0.0696. The number of carboxylic acids is 1. The number of amides is 1. The van der Waals surface area contributed by atoms with E-state index in [1.165, 1.54) is 5.56 Å². The number of nitrogens with one attached hydrogen (secondary N) is 1. The van der Waals surface area contributed by atoms with Crippen LogP contribution in [0.1, 0.15) is 47.1 Å². The number of carbonyl (C=O) groups excluding carboxylic acids is 1. The van der Waals surface area contributed by atoms with E-state index in [0.717, 1.165) is 43.2 Å². The summed E-state index contributed by atoms with van der Waals surface area (Å²) >= 11 is 0. The number of aromatic carboxylic acids is 1. The monoisotopic (exact) mass is 457 g/mol. The number of carboxylic acid groups (broad SMARTS) is 1. The molecule has 1 aliphatic heterocycles. The molecule has 2 N–H and O–H groups in total. The van der Waals surface area contributed by atoms with Gasteiger partial charge < -0.3 is 20.2 Å². The minimum Gasteiger partial charge on any atom is -0.478 e. The molecule has 0 unspecified atom stereocenters. The summed E-state index contributed by atoms with van der Waals surface area (Å²) in [5.74, 6) is -1.03. The molecule has 0 atom stereocenters. The Bertz CT molecular complexity index is 1170. The van der Waals surface area contributed by atoms with Crippen molar-refractivity contribution in [1.29, 1.82) is 0 Å². The van der Waals surface area contributed by atoms with Crippen LogP contribution in [0.25, 0.3) is 0 Å². The van der Waals surface area contributed by atoms with Crippen molar-refractivity contribution in [3.63, 3.8) is 0 Å². The van der Waals surface area contributed by atoms with E-state index < -0.39 is 5.97 Å². The third-order valence-corrected chi connectivity index (χ3v) is 6.22. The first-order valence-electron chi connectivity index (χ1n) is 11.6. The Hall–Kier alpha value is -3.80. The van der Waals surface area contributed by atoms with Crippen LogP contribution in [-0.4, -0.2) is 43.2 Å². The zero-order valence-corrected chi connectivity index (χ0v) is 19.9. The van der Waals surface area contributed by atoms with E-state index >= 15 is 0 Å². The molecule has 6 nitrogen and oxygen atoms in total. The topological polar surface area (TPSA) is 72.9 Å². The first kappa shape index (κ1) is 23.4. The lowest BCUT2D eigenvalue weighted by Crippen LogP contribution is -2.46. The number of rotatable bonds is 5. The van der Waals surface area contributed by atoms with Gasteiger partial charge in [-0.25, -0.2) is 4.79 Å². The summed E-state index contributed by atoms with van der Waals surface area (Å²) in [5, 5.41) is 12.2. The first-order valence-corrected chi connectivity index (χ1v) is 11.6. The minimum absolute atomic E-state index is 0.0193. The van der Waals surface area contributed by atoms with Crippen LogP contribution < -0.4 is 15.1 Å². The molecule has 6 heteroatoms. The Morgan fingerprint density at radius 3 is 2.00 bits per heavy atom. The van der Waals surface area contributed by atoms with E-state index in [1.807, 2.05) is 48.5 Å². The molecule has 0 bridgehead atoms. The van der Waals surface area contributed by atoms with Crippen LogP contribution in [0.3, 0.4) is 0 Å². The van der Waals surface area contributed by atoms with Gasteiger partial charge in [0.05, 0.1) is 5.56 Å². The molecule has 3 aromatic carbocycles. The van der Waals surface area contributed by atoms with Crippen molar-refractivity contribution in [3.05, 3.63) is 89.5 Å². The predicted molar refractivity (Wildman–Crippen MR) is 137 cm³/mol. The van der Waals surface area contributed by atoms with Gasteiger partial charge in [0, 0.05) is 48.8 Å². The third kappa shape index (κ3) is 5.39. The molecule has 0 saturated carbocycles. The summed E-state index contributed by atoms with van der Waals surface area (Å²) in [5.41, 5.74) is 4.92. The zero-order chi connectivity index (χ0) is 24.3. The molecule has 3 aromatic rings. The molecular weight excluding hydrogens is 426 g/mol. The summed E-state index contributed by atoms with van der Waals surface area (Å²) in [7, 11) is 0. The van der Waals surface area contributed by atoms with Crippen molar-refractivity contribution < 1.29 is 14.7 Å². The number of carbonyl (C=O) groups is 2. The Kier molecular flexibility index (Phi) is 6.59. The molecule has 0 spiro atoms. The predicted octanol–water partition coefficient (Wildman–Crippen LogP) is 5.26. The second-order valence-corrected chi connectivity index (χ2v) is 9.66. The van der Waals surface area contributed by atoms with Gasteiger partial charge in [-0.1, -0.05) is 39.0 Å². The smallest absolute Gasteiger partial charge is 0.335 e. The number of nitrogens with zero attached hydrogens (tertiary/aromatic N) is 2. The highest BCUT2D eigenvalue weighted by Crippen LogP contribution is 2.25. The molecule has 4 rings (SSSR count). The Balaban J connectivity index is 1.36. The van der Waals surface area contributed by atoms with Crippen molar-refractivity contribution in [1.82, 2.24) is 0 Å². The molecule has 1 fully saturated rings. The summed E-state index contributed by atoms with van der Waals surface area (Å²) < 4.78 is 0. The summed E-state index contributed by atoms with van der Waals surface area (Å²) in [6.45, 7) is 9.70. The quantitative estimate of drug-likeness (QED) is 0.547. The van der Waals surface area contributed by atoms with Crippen LogP contribution in [0.2, 0.25) is 0 Å². The summed E-state index contributed by atoms with van der Waals surface area (Å²) in [4.78, 5) is 28.5. The Morgan fingerprint density at radius 2 is 1.38 bits per heavy atom. The van der Waals surface area contributed by atoms with E-state index in [4.69, 9.17) is 0 Å². The fraction of sp³-hybridized carbons (Fsp3) is 0.286. The van der Waals surface area contributed by atoms with Gasteiger partial charge in [0.2, 0.25) is 0 Å². The number of hydrogen-bond donors (Lipinski definition) is 2. The first-order chi connectivity index (χ1) is 16.2. The van der Waals surface area contributed by atoms with Crippen LogP contribution in [-0.2, 0) is 5.41 Å². The number of benzene rings is 3. The van der Waals surface area contributed by atoms with Gasteiger partial charge in [0.25, 0.3) is 5.91 Å². The third-order valence-electron chi connectivity index (χ3n) is 6.22. The van der Waals surface area contributed by atoms with E-state index in [-0.39, 0.29) is 11.3 Å². The fourth-order valence-corrected chi connectivity index (χ4v) is 4.15. The average molecular weight is 458 g/mol. The number of piperazine rings is 1. The normalized spacial score (nSPS) is 14.1. The second kappa shape index (κ2) is 9.59. The maximum atomic E-state index is 12.8. The van der Waals surface area contributed by atoms with E-state index in [1.54, 1.807) is 18.2 Å². The van der Waals surface area contributed by atoms with Crippen LogP contribution >= 0.6 is 0 Å². The highest BCUT2D eigenvalue weighted by molar-refractivity contribution is 6.04. The van der Waals surface area contributed by atoms with Crippen molar-refractivity contribution in [2.24, 2.45) is 0 Å². The molecular formula is C28H31N3O3. The molecule has 34 heavy (non-hydrogen) atoms. The highest BCUT2D eigenvalue weighted by Gasteiger charge is 2.19. The van der Waals surface area contributed by atoms with Crippen molar-refractivity contribution in [2.45, 2.75) is 26.2 Å². The van der Waals surface area contributed by atoms with Gasteiger partial charge in [0.15, 0.2) is 0 Å². The molecule has 0 radical (unpaired) electrons. The van der Waals surface area contributed by atoms with E-state index in [9.17, 15) is 14.7 Å². The maximum absolute atomic E-state index is 12.8. The fourth-order valence-electron chi connectivity index (χ4n) is 4.15. The SMILES string of the molecule is CC(C)(C)c1cccc(NC(=O)c2ccc(N3CCN(c4cccc(C(=O)O)c4)CC3)cc2)c1. The standard InChI is InChI=1S/C28H31N3O3/c1-28(2,3)22-7-5-8-23(19-22)29-26(32)20-10-12-24(13-11-20)30-14-16-31(17-15-30)25-9-4-6-21(18-25)27(33)34/h4-13,18-19H,14-17H2,1-3H3,(H,29,32)(H,33,34). The number of anilines is 3. The van der Waals surface area contributed by atoms with Crippen molar-refractivity contribution >= 4 is 28.9 Å². The van der Waals surface area contributed by atoms with Crippen LogP contribution in [0, 0.1) is 0 Å². The molecule has 176 valence electrons. The van der Waals surface area contributed by atoms with Crippen LogP contribution in [0.5, 0.6) is 0 Å². The Labute approximate surface area is 200 Å². The van der Waals surface area contributed by atoms with Gasteiger partial charge in [-0.2, -0.15) is 0 Å². The molecule has 1 saturated heterocycles. The molecule has 0 aromatic heterocycles. The molecule has 1 heterocycles. The molecule has 1 aliphatic rings. The molecule has 1 amide bonds. The van der Waals surface area contributed by atoms with Crippen LogP contribution in [0.4, 0.5) is 17.1 Å². The summed E-state index contributed by atoms with van der Waals surface area (Å²) in [6, 6.07) is 22.8. The lowest BCUT2D eigenvalue weighted by atomic mass is 9.87. The van der Waals surface area contributed by atoms with Gasteiger partial charge >= 0.3 is 5.97 Å². The summed E-state index contributed by atoms with van der Waals surface area (Å²) in [6.07, 6.45) is 0. The maximum Gasteiger partial charge on any atom is 0.335 e. The highest BCUT2D eigenvalue weighted by atomic mass is 16.4.